The van der Waals surface area contributed by atoms with E-state index in [1.54, 1.807) is 0 Å². The predicted molar refractivity (Wildman–Crippen MR) is 222 cm³/mol. The molecule has 0 amide bonds. The molecule has 2 aliphatic heterocycles. The standard InChI is InChI=1S/C19H27NO4.C19H25NO4.C4H6O4.C2H3BO2.Na/c2*1-3-22-18(21)16-13-19(23-11-12-24-19)10-9-17(16)20-14(2)15-7-5-4-6-8-15;1-3(5)7-8-4(2)6;1-2(4)5-3;/h4-8,14,16-17,20H,3,9-13H2,1-2H3;4-8,14,20H,3,9-13H2,1-2H3;1-2H3;1H3;/q;;;-1;+1/t14-,16?,17-;14-;;;/m11.../s1. The Morgan fingerprint density at radius 1 is 0.726 bits per heavy atom. The van der Waals surface area contributed by atoms with Gasteiger partial charge in [0.1, 0.15) is 0 Å². The SMILES string of the molecule is CC(=O)OOC(C)=O.CCOC(=O)C1=C(N[C@H](C)c2ccccc2)CCC2(C1)OCCO2.CCOC(=O)C1CC2(CC[C@H]1N[C@H](C)c1ccccc1)OCCO2.[B-]OC(C)=O.[Na+]. The van der Waals surface area contributed by atoms with E-state index in [0.717, 1.165) is 38.8 Å². The Kier molecular flexibility index (Phi) is 24.6. The molecule has 3 radical (unpaired) electrons. The molecule has 335 valence electrons. The van der Waals surface area contributed by atoms with Gasteiger partial charge in [0.05, 0.1) is 51.1 Å². The Bertz CT molecular complexity index is 1710. The van der Waals surface area contributed by atoms with Crippen LogP contribution in [0.3, 0.4) is 0 Å². The van der Waals surface area contributed by atoms with Crippen molar-refractivity contribution in [3.8, 4) is 0 Å². The van der Waals surface area contributed by atoms with Crippen molar-refractivity contribution in [1.82, 2.24) is 10.6 Å². The molecule has 2 aromatic rings. The van der Waals surface area contributed by atoms with Gasteiger partial charge in [0, 0.05) is 70.3 Å². The van der Waals surface area contributed by atoms with Crippen molar-refractivity contribution in [3.05, 3.63) is 83.1 Å². The van der Waals surface area contributed by atoms with Gasteiger partial charge in [-0.15, -0.1) is 0 Å². The molecule has 2 N–H and O–H groups in total. The van der Waals surface area contributed by atoms with Gasteiger partial charge < -0.3 is 51.8 Å². The summed E-state index contributed by atoms with van der Waals surface area (Å²) in [4.78, 5) is 61.7. The van der Waals surface area contributed by atoms with Crippen LogP contribution < -0.4 is 40.2 Å². The zero-order chi connectivity index (χ0) is 44.8. The van der Waals surface area contributed by atoms with Crippen LogP contribution in [-0.4, -0.2) is 95.2 Å². The number of benzene rings is 2. The Morgan fingerprint density at radius 3 is 1.68 bits per heavy atom. The molecule has 2 heterocycles. The van der Waals surface area contributed by atoms with Gasteiger partial charge in [-0.2, -0.15) is 0 Å². The molecule has 16 nitrogen and oxygen atoms in total. The number of carbonyl (C=O) groups is 5. The van der Waals surface area contributed by atoms with Crippen LogP contribution in [0, 0.1) is 5.92 Å². The van der Waals surface area contributed by atoms with Gasteiger partial charge in [0.2, 0.25) is 5.97 Å². The number of carbonyl (C=O) groups excluding carboxylic acids is 5. The molecule has 6 rings (SSSR count). The second kappa shape index (κ2) is 28.1. The van der Waals surface area contributed by atoms with E-state index >= 15 is 0 Å². The van der Waals surface area contributed by atoms with E-state index in [9.17, 15) is 24.0 Å². The summed E-state index contributed by atoms with van der Waals surface area (Å²) in [6.45, 7) is 14.5. The van der Waals surface area contributed by atoms with Gasteiger partial charge in [-0.05, 0) is 51.7 Å². The topological polar surface area (TPSA) is 192 Å². The van der Waals surface area contributed by atoms with Crippen molar-refractivity contribution in [1.29, 1.82) is 0 Å². The van der Waals surface area contributed by atoms with Crippen molar-refractivity contribution in [2.75, 3.05) is 39.6 Å². The van der Waals surface area contributed by atoms with Gasteiger partial charge in [0.15, 0.2) is 11.6 Å². The van der Waals surface area contributed by atoms with Crippen LogP contribution in [0.4, 0.5) is 0 Å². The van der Waals surface area contributed by atoms with Crippen molar-refractivity contribution < 1.29 is 96.4 Å². The fraction of sp³-hybridized carbons (Fsp3) is 0.568. The van der Waals surface area contributed by atoms with Gasteiger partial charge in [0.25, 0.3) is 0 Å². The van der Waals surface area contributed by atoms with E-state index in [4.69, 9.17) is 28.4 Å². The molecule has 2 aromatic carbocycles. The maximum Gasteiger partial charge on any atom is 1.00 e. The van der Waals surface area contributed by atoms with Gasteiger partial charge in [-0.3, -0.25) is 9.59 Å². The minimum absolute atomic E-state index is 0. The Hall–Kier alpha value is -3.81. The van der Waals surface area contributed by atoms with Crippen molar-refractivity contribution in [2.24, 2.45) is 5.92 Å². The molecular weight excluding hydrogens is 814 g/mol. The maximum absolute atomic E-state index is 12.5. The zero-order valence-corrected chi connectivity index (χ0v) is 39.4. The molecule has 18 heteroatoms. The van der Waals surface area contributed by atoms with Crippen LogP contribution in [0.15, 0.2) is 71.9 Å². The molecule has 3 fully saturated rings. The second-order valence-corrected chi connectivity index (χ2v) is 14.6. The van der Waals surface area contributed by atoms with Crippen LogP contribution in [0.1, 0.15) is 110 Å². The molecule has 62 heavy (non-hydrogen) atoms. The number of hydrogen-bond donors (Lipinski definition) is 2. The molecule has 2 saturated heterocycles. The number of rotatable bonds is 10. The largest absolute Gasteiger partial charge is 1.00 e. The summed E-state index contributed by atoms with van der Waals surface area (Å²) < 4.78 is 37.4. The van der Waals surface area contributed by atoms with Crippen LogP contribution in [0.25, 0.3) is 0 Å². The first-order valence-corrected chi connectivity index (χ1v) is 20.6. The van der Waals surface area contributed by atoms with Crippen molar-refractivity contribution in [3.63, 3.8) is 0 Å². The maximum atomic E-state index is 12.5. The number of nitrogens with one attached hydrogen (secondary N) is 2. The summed E-state index contributed by atoms with van der Waals surface area (Å²) in [5, 5.41) is 7.12. The fourth-order valence-corrected chi connectivity index (χ4v) is 7.22. The quantitative estimate of drug-likeness (QED) is 0.153. The third-order valence-electron chi connectivity index (χ3n) is 10.1. The van der Waals surface area contributed by atoms with Gasteiger partial charge in [-0.1, -0.05) is 60.7 Å². The van der Waals surface area contributed by atoms with E-state index in [2.05, 4.69) is 71.2 Å². The number of allylic oxidation sites excluding steroid dienone is 1. The molecule has 1 unspecified atom stereocenters. The summed E-state index contributed by atoms with van der Waals surface area (Å²) in [5.74, 6) is -3.67. The first-order chi connectivity index (χ1) is 29.2. The molecule has 2 spiro atoms. The average molecular weight is 876 g/mol. The van der Waals surface area contributed by atoms with Crippen LogP contribution >= 0.6 is 0 Å². The summed E-state index contributed by atoms with van der Waals surface area (Å²) in [5.41, 5.74) is 3.98. The van der Waals surface area contributed by atoms with Gasteiger partial charge in [-0.25, -0.2) is 24.2 Å². The number of esters is 2. The second-order valence-electron chi connectivity index (χ2n) is 14.6. The Morgan fingerprint density at radius 2 is 1.21 bits per heavy atom. The van der Waals surface area contributed by atoms with Crippen LogP contribution in [-0.2, 0) is 66.8 Å². The number of ether oxygens (including phenoxy) is 6. The first-order valence-electron chi connectivity index (χ1n) is 20.6. The normalized spacial score (nSPS) is 20.1. The Balaban J connectivity index is 0.000000329. The van der Waals surface area contributed by atoms with E-state index in [0.29, 0.717) is 64.5 Å². The zero-order valence-electron chi connectivity index (χ0n) is 37.4. The molecular formula is C44H61BN2NaO14. The first kappa shape index (κ1) is 54.3. The molecule has 4 aliphatic rings. The van der Waals surface area contributed by atoms with Crippen LogP contribution in [0.5, 0.6) is 0 Å². The summed E-state index contributed by atoms with van der Waals surface area (Å²) >= 11 is 0. The minimum atomic E-state index is -0.650. The van der Waals surface area contributed by atoms with Crippen LogP contribution in [0.2, 0.25) is 0 Å². The summed E-state index contributed by atoms with van der Waals surface area (Å²) in [7, 11) is 4.32. The van der Waals surface area contributed by atoms with Gasteiger partial charge >= 0.3 is 53.4 Å². The monoisotopic (exact) mass is 875 g/mol. The molecule has 0 bridgehead atoms. The third kappa shape index (κ3) is 18.1. The molecule has 4 atom stereocenters. The minimum Gasteiger partial charge on any atom is -0.793 e. The molecule has 1 saturated carbocycles. The van der Waals surface area contributed by atoms with E-state index in [1.165, 1.54) is 18.1 Å². The smallest absolute Gasteiger partial charge is 0.793 e. The Labute approximate surface area is 388 Å². The van der Waals surface area contributed by atoms with Crippen molar-refractivity contribution >= 4 is 37.9 Å². The predicted octanol–water partition coefficient (Wildman–Crippen LogP) is 2.56. The molecule has 0 aromatic heterocycles. The number of hydrogen-bond acceptors (Lipinski definition) is 16. The van der Waals surface area contributed by atoms with Crippen molar-refractivity contribution in [2.45, 2.75) is 117 Å². The summed E-state index contributed by atoms with van der Waals surface area (Å²) in [6.07, 6.45) is 4.11. The third-order valence-corrected chi connectivity index (χ3v) is 10.1. The van der Waals surface area contributed by atoms with E-state index < -0.39 is 29.5 Å². The molecule has 2 aliphatic carbocycles. The van der Waals surface area contributed by atoms with E-state index in [-0.39, 0.29) is 65.5 Å². The van der Waals surface area contributed by atoms with E-state index in [1.807, 2.05) is 50.2 Å². The summed E-state index contributed by atoms with van der Waals surface area (Å²) in [6, 6.07) is 20.8. The fourth-order valence-electron chi connectivity index (χ4n) is 7.22. The average Bonchev–Trinajstić information content (AvgIpc) is 3.92.